The topological polar surface area (TPSA) is 75.3 Å². The van der Waals surface area contributed by atoms with Crippen molar-refractivity contribution in [2.75, 3.05) is 0 Å². The second-order valence-electron chi connectivity index (χ2n) is 6.90. The summed E-state index contributed by atoms with van der Waals surface area (Å²) < 4.78 is 24.7. The third kappa shape index (κ3) is 4.34. The number of hydrogen-bond donors (Lipinski definition) is 2. The lowest BCUT2D eigenvalue weighted by Gasteiger charge is -2.09. The number of benzene rings is 1. The van der Waals surface area contributed by atoms with Crippen molar-refractivity contribution >= 4 is 27.3 Å². The summed E-state index contributed by atoms with van der Waals surface area (Å²) in [5, 5.41) is 0. The molecule has 7 heteroatoms. The minimum Gasteiger partial charge on any atom is -0.273 e. The van der Waals surface area contributed by atoms with Crippen LogP contribution in [0.2, 0.25) is 0 Å². The standard InChI is InChI=1S/C19H24N2O3S2/c1-13(2)14-8-10-16(11-9-14)26(23,24)21-20-19(22)18-12-15-6-4-3-5-7-17(15)25-18/h8-13,21H,3-7H2,1-2H3,(H,20,22). The fraction of sp³-hybridized carbons (Fsp3) is 0.421. The molecule has 3 rings (SSSR count). The minimum atomic E-state index is -3.79. The number of amides is 1. The predicted molar refractivity (Wildman–Crippen MR) is 104 cm³/mol. The Labute approximate surface area is 158 Å². The van der Waals surface area contributed by atoms with Crippen LogP contribution in [0.1, 0.15) is 64.7 Å². The molecular weight excluding hydrogens is 368 g/mol. The maximum Gasteiger partial charge on any atom is 0.276 e. The summed E-state index contributed by atoms with van der Waals surface area (Å²) >= 11 is 1.46. The summed E-state index contributed by atoms with van der Waals surface area (Å²) in [4.78, 5) is 16.5. The second kappa shape index (κ2) is 7.90. The fourth-order valence-corrected chi connectivity index (χ4v) is 5.03. The summed E-state index contributed by atoms with van der Waals surface area (Å²) in [5.74, 6) is -0.0843. The number of rotatable bonds is 5. The minimum absolute atomic E-state index is 0.129. The quantitative estimate of drug-likeness (QED) is 0.601. The van der Waals surface area contributed by atoms with Gasteiger partial charge in [-0.15, -0.1) is 16.2 Å². The summed E-state index contributed by atoms with van der Waals surface area (Å²) in [6, 6.07) is 8.58. The van der Waals surface area contributed by atoms with Gasteiger partial charge in [-0.05, 0) is 60.9 Å². The predicted octanol–water partition coefficient (Wildman–Crippen LogP) is 3.76. The highest BCUT2D eigenvalue weighted by molar-refractivity contribution is 7.89. The molecule has 0 atom stereocenters. The molecule has 1 heterocycles. The zero-order valence-electron chi connectivity index (χ0n) is 15.0. The highest BCUT2D eigenvalue weighted by Gasteiger charge is 2.19. The van der Waals surface area contributed by atoms with Crippen molar-refractivity contribution in [1.29, 1.82) is 0 Å². The van der Waals surface area contributed by atoms with Crippen LogP contribution < -0.4 is 10.3 Å². The van der Waals surface area contributed by atoms with Gasteiger partial charge in [0.25, 0.3) is 15.9 Å². The van der Waals surface area contributed by atoms with Gasteiger partial charge < -0.3 is 0 Å². The van der Waals surface area contributed by atoms with Gasteiger partial charge in [0.15, 0.2) is 0 Å². The summed E-state index contributed by atoms with van der Waals surface area (Å²) in [5.41, 5.74) is 4.62. The lowest BCUT2D eigenvalue weighted by atomic mass is 10.0. The zero-order valence-corrected chi connectivity index (χ0v) is 16.7. The normalized spacial score (nSPS) is 14.7. The number of aryl methyl sites for hydroxylation is 2. The maximum atomic E-state index is 12.4. The van der Waals surface area contributed by atoms with Crippen LogP contribution in [0.3, 0.4) is 0 Å². The Kier molecular flexibility index (Phi) is 5.79. The number of thiophene rings is 1. The van der Waals surface area contributed by atoms with Crippen molar-refractivity contribution in [2.24, 2.45) is 0 Å². The van der Waals surface area contributed by atoms with E-state index in [9.17, 15) is 13.2 Å². The number of carbonyl (C=O) groups is 1. The van der Waals surface area contributed by atoms with Crippen LogP contribution >= 0.6 is 11.3 Å². The molecule has 140 valence electrons. The van der Waals surface area contributed by atoms with Gasteiger partial charge in [-0.3, -0.25) is 10.2 Å². The lowest BCUT2D eigenvalue weighted by Crippen LogP contribution is -2.41. The number of fused-ring (bicyclic) bond motifs is 1. The van der Waals surface area contributed by atoms with E-state index in [4.69, 9.17) is 0 Å². The Morgan fingerprint density at radius 2 is 1.77 bits per heavy atom. The highest BCUT2D eigenvalue weighted by atomic mass is 32.2. The summed E-state index contributed by atoms with van der Waals surface area (Å²) in [6.45, 7) is 4.09. The number of nitrogens with one attached hydrogen (secondary N) is 2. The monoisotopic (exact) mass is 392 g/mol. The first kappa shape index (κ1) is 19.1. The van der Waals surface area contributed by atoms with Crippen LogP contribution in [0.15, 0.2) is 35.2 Å². The number of hydrogen-bond acceptors (Lipinski definition) is 4. The van der Waals surface area contributed by atoms with E-state index in [1.807, 2.05) is 19.9 Å². The summed E-state index contributed by atoms with van der Waals surface area (Å²) in [6.07, 6.45) is 5.50. The first-order chi connectivity index (χ1) is 12.4. The molecule has 0 unspecified atom stereocenters. The zero-order chi connectivity index (χ0) is 18.7. The van der Waals surface area contributed by atoms with Crippen LogP contribution in [0.5, 0.6) is 0 Å². The Bertz CT molecular complexity index is 861. The van der Waals surface area contributed by atoms with Crippen LogP contribution in [0, 0.1) is 0 Å². The molecule has 0 radical (unpaired) electrons. The third-order valence-corrected chi connectivity index (χ3v) is 7.13. The molecular formula is C19H24N2O3S2. The van der Waals surface area contributed by atoms with Crippen LogP contribution in [0.25, 0.3) is 0 Å². The molecule has 2 aromatic rings. The second-order valence-corrected chi connectivity index (χ2v) is 9.72. The Balaban J connectivity index is 1.66. The van der Waals surface area contributed by atoms with Gasteiger partial charge >= 0.3 is 0 Å². The van der Waals surface area contributed by atoms with Crippen LogP contribution in [-0.2, 0) is 22.9 Å². The van der Waals surface area contributed by atoms with Crippen molar-refractivity contribution in [3.63, 3.8) is 0 Å². The largest absolute Gasteiger partial charge is 0.276 e. The molecule has 0 bridgehead atoms. The average Bonchev–Trinajstić information content (AvgIpc) is 2.90. The first-order valence-electron chi connectivity index (χ1n) is 8.90. The van der Waals surface area contributed by atoms with Crippen LogP contribution in [-0.4, -0.2) is 14.3 Å². The highest BCUT2D eigenvalue weighted by Crippen LogP contribution is 2.28. The van der Waals surface area contributed by atoms with E-state index in [1.54, 1.807) is 24.3 Å². The van der Waals surface area contributed by atoms with E-state index in [1.165, 1.54) is 28.2 Å². The van der Waals surface area contributed by atoms with E-state index in [2.05, 4.69) is 10.3 Å². The fourth-order valence-electron chi connectivity index (χ4n) is 3.05. The first-order valence-corrected chi connectivity index (χ1v) is 11.2. The number of sulfonamides is 1. The van der Waals surface area contributed by atoms with Gasteiger partial charge in [-0.25, -0.2) is 8.42 Å². The van der Waals surface area contributed by atoms with Crippen molar-refractivity contribution in [1.82, 2.24) is 10.3 Å². The molecule has 0 saturated carbocycles. The van der Waals surface area contributed by atoms with E-state index >= 15 is 0 Å². The molecule has 0 aliphatic heterocycles. The van der Waals surface area contributed by atoms with Crippen molar-refractivity contribution in [3.8, 4) is 0 Å². The van der Waals surface area contributed by atoms with Gasteiger partial charge in [0.1, 0.15) is 0 Å². The Morgan fingerprint density at radius 1 is 1.08 bits per heavy atom. The Morgan fingerprint density at radius 3 is 2.46 bits per heavy atom. The van der Waals surface area contributed by atoms with Gasteiger partial charge in [0.2, 0.25) is 0 Å². The molecule has 0 spiro atoms. The number of hydrazine groups is 1. The molecule has 2 N–H and O–H groups in total. The molecule has 1 aromatic heterocycles. The third-order valence-electron chi connectivity index (χ3n) is 4.63. The SMILES string of the molecule is CC(C)c1ccc(S(=O)(=O)NNC(=O)c2cc3c(s2)CCCCC3)cc1. The Hall–Kier alpha value is -1.70. The molecule has 26 heavy (non-hydrogen) atoms. The van der Waals surface area contributed by atoms with Crippen molar-refractivity contribution < 1.29 is 13.2 Å². The van der Waals surface area contributed by atoms with Gasteiger partial charge in [-0.2, -0.15) is 0 Å². The molecule has 1 amide bonds. The molecule has 0 fully saturated rings. The number of carbonyl (C=O) groups excluding carboxylic acids is 1. The lowest BCUT2D eigenvalue weighted by molar-refractivity contribution is 0.0949. The molecule has 0 saturated heterocycles. The van der Waals surface area contributed by atoms with Crippen LogP contribution in [0.4, 0.5) is 0 Å². The molecule has 1 aliphatic rings. The van der Waals surface area contributed by atoms with E-state index < -0.39 is 15.9 Å². The smallest absolute Gasteiger partial charge is 0.273 e. The van der Waals surface area contributed by atoms with E-state index in [-0.39, 0.29) is 4.90 Å². The molecule has 1 aliphatic carbocycles. The van der Waals surface area contributed by atoms with Gasteiger partial charge in [0.05, 0.1) is 9.77 Å². The maximum absolute atomic E-state index is 12.4. The van der Waals surface area contributed by atoms with Crippen molar-refractivity contribution in [2.45, 2.75) is 56.8 Å². The average molecular weight is 393 g/mol. The van der Waals surface area contributed by atoms with Crippen molar-refractivity contribution in [3.05, 3.63) is 51.2 Å². The van der Waals surface area contributed by atoms with Gasteiger partial charge in [0, 0.05) is 4.88 Å². The van der Waals surface area contributed by atoms with E-state index in [0.29, 0.717) is 10.8 Å². The summed E-state index contributed by atoms with van der Waals surface area (Å²) in [7, 11) is -3.79. The molecule has 5 nitrogen and oxygen atoms in total. The van der Waals surface area contributed by atoms with Gasteiger partial charge in [-0.1, -0.05) is 32.4 Å². The van der Waals surface area contributed by atoms with E-state index in [0.717, 1.165) is 31.2 Å². The molecule has 1 aromatic carbocycles.